The number of anilines is 2. The first-order valence-electron chi connectivity index (χ1n) is 10.7. The van der Waals surface area contributed by atoms with Crippen LogP contribution in [-0.2, 0) is 14.4 Å². The van der Waals surface area contributed by atoms with Gasteiger partial charge in [-0.15, -0.1) is 0 Å². The molecule has 0 unspecified atom stereocenters. The molecular weight excluding hydrogens is 512 g/mol. The fourth-order valence-electron chi connectivity index (χ4n) is 3.19. The van der Waals surface area contributed by atoms with E-state index in [1.807, 2.05) is 57.2 Å². The summed E-state index contributed by atoms with van der Waals surface area (Å²) in [6.45, 7) is 5.42. The summed E-state index contributed by atoms with van der Waals surface area (Å²) in [4.78, 5) is 36.5. The van der Waals surface area contributed by atoms with Crippen molar-refractivity contribution in [1.29, 1.82) is 0 Å². The van der Waals surface area contributed by atoms with E-state index in [1.165, 1.54) is 6.21 Å². The van der Waals surface area contributed by atoms with Crippen LogP contribution in [0.1, 0.15) is 22.3 Å². The van der Waals surface area contributed by atoms with Crippen molar-refractivity contribution in [1.82, 2.24) is 5.43 Å². The molecule has 3 aromatic carbocycles. The standard InChI is InChI=1S/C26H25BrN4O4/c1-16-6-4-7-17(2)24(16)30-25(33)26(34)31-28-14-19-8-5-9-21(13-19)35-15-23(32)29-22-11-10-20(27)12-18(22)3/h4-14H,15H2,1-3H3,(H,29,32)(H,30,33)(H,31,34)/b28-14-. The molecule has 3 aromatic rings. The molecule has 0 aliphatic rings. The van der Waals surface area contributed by atoms with Crippen LogP contribution < -0.4 is 20.8 Å². The van der Waals surface area contributed by atoms with Gasteiger partial charge in [0, 0.05) is 15.8 Å². The van der Waals surface area contributed by atoms with E-state index in [1.54, 1.807) is 24.3 Å². The Balaban J connectivity index is 1.51. The van der Waals surface area contributed by atoms with E-state index in [2.05, 4.69) is 37.1 Å². The number of hydrogen-bond donors (Lipinski definition) is 3. The maximum absolute atomic E-state index is 12.2. The molecule has 0 spiro atoms. The van der Waals surface area contributed by atoms with Crippen molar-refractivity contribution in [3.05, 3.63) is 87.4 Å². The van der Waals surface area contributed by atoms with Crippen LogP contribution in [0.3, 0.4) is 0 Å². The normalized spacial score (nSPS) is 10.6. The molecule has 0 bridgehead atoms. The molecule has 0 aliphatic heterocycles. The minimum atomic E-state index is -0.892. The van der Waals surface area contributed by atoms with Gasteiger partial charge in [-0.3, -0.25) is 14.4 Å². The third kappa shape index (κ3) is 7.51. The number of nitrogens with zero attached hydrogens (tertiary/aromatic N) is 1. The van der Waals surface area contributed by atoms with Crippen molar-refractivity contribution in [2.75, 3.05) is 17.2 Å². The van der Waals surface area contributed by atoms with E-state index < -0.39 is 11.8 Å². The Bertz CT molecular complexity index is 1270. The number of hydrogen-bond acceptors (Lipinski definition) is 5. The average Bonchev–Trinajstić information content (AvgIpc) is 2.82. The SMILES string of the molecule is Cc1cc(Br)ccc1NC(=O)COc1cccc(/C=N\NC(=O)C(=O)Nc2c(C)cccc2C)c1. The highest BCUT2D eigenvalue weighted by atomic mass is 79.9. The highest BCUT2D eigenvalue weighted by Crippen LogP contribution is 2.20. The van der Waals surface area contributed by atoms with Crippen LogP contribution >= 0.6 is 15.9 Å². The monoisotopic (exact) mass is 536 g/mol. The van der Waals surface area contributed by atoms with Crippen molar-refractivity contribution in [3.8, 4) is 5.75 Å². The predicted octanol–water partition coefficient (Wildman–Crippen LogP) is 4.48. The van der Waals surface area contributed by atoms with Crippen molar-refractivity contribution in [2.24, 2.45) is 5.10 Å². The maximum atomic E-state index is 12.2. The molecule has 8 nitrogen and oxygen atoms in total. The molecule has 0 heterocycles. The van der Waals surface area contributed by atoms with E-state index >= 15 is 0 Å². The molecule has 0 radical (unpaired) electrons. The van der Waals surface area contributed by atoms with Gasteiger partial charge in [0.25, 0.3) is 5.91 Å². The number of halogens is 1. The number of hydrazone groups is 1. The van der Waals surface area contributed by atoms with Gasteiger partial charge in [-0.2, -0.15) is 5.10 Å². The van der Waals surface area contributed by atoms with Gasteiger partial charge in [0.1, 0.15) is 5.75 Å². The molecule has 35 heavy (non-hydrogen) atoms. The summed E-state index contributed by atoms with van der Waals surface area (Å²) < 4.78 is 6.50. The van der Waals surface area contributed by atoms with Gasteiger partial charge in [-0.05, 0) is 73.4 Å². The molecule has 3 N–H and O–H groups in total. The van der Waals surface area contributed by atoms with Gasteiger partial charge >= 0.3 is 11.8 Å². The zero-order chi connectivity index (χ0) is 25.4. The number of amides is 3. The minimum Gasteiger partial charge on any atom is -0.484 e. The second-order valence-electron chi connectivity index (χ2n) is 7.79. The maximum Gasteiger partial charge on any atom is 0.329 e. The van der Waals surface area contributed by atoms with Gasteiger partial charge in [-0.1, -0.05) is 46.3 Å². The highest BCUT2D eigenvalue weighted by molar-refractivity contribution is 9.10. The van der Waals surface area contributed by atoms with E-state index in [0.29, 0.717) is 22.7 Å². The molecule has 180 valence electrons. The summed E-state index contributed by atoms with van der Waals surface area (Å²) in [6.07, 6.45) is 1.38. The third-order valence-corrected chi connectivity index (χ3v) is 5.49. The summed E-state index contributed by atoms with van der Waals surface area (Å²) in [5.74, 6) is -1.55. The largest absolute Gasteiger partial charge is 0.484 e. The highest BCUT2D eigenvalue weighted by Gasteiger charge is 2.15. The Morgan fingerprint density at radius 2 is 1.60 bits per heavy atom. The van der Waals surface area contributed by atoms with Crippen LogP contribution in [0, 0.1) is 20.8 Å². The van der Waals surface area contributed by atoms with Gasteiger partial charge < -0.3 is 15.4 Å². The number of aryl methyl sites for hydroxylation is 3. The fraction of sp³-hybridized carbons (Fsp3) is 0.154. The zero-order valence-corrected chi connectivity index (χ0v) is 21.1. The number of carbonyl (C=O) groups excluding carboxylic acids is 3. The lowest BCUT2D eigenvalue weighted by Gasteiger charge is -2.10. The summed E-state index contributed by atoms with van der Waals surface area (Å²) >= 11 is 3.39. The molecule has 3 amide bonds. The van der Waals surface area contributed by atoms with Crippen LogP contribution in [0.2, 0.25) is 0 Å². The third-order valence-electron chi connectivity index (χ3n) is 5.00. The summed E-state index contributed by atoms with van der Waals surface area (Å²) in [6, 6.07) is 18.0. The molecule has 0 aliphatic carbocycles. The minimum absolute atomic E-state index is 0.175. The first-order chi connectivity index (χ1) is 16.7. The first-order valence-corrected chi connectivity index (χ1v) is 11.5. The lowest BCUT2D eigenvalue weighted by molar-refractivity contribution is -0.136. The summed E-state index contributed by atoms with van der Waals surface area (Å²) in [7, 11) is 0. The van der Waals surface area contributed by atoms with Crippen LogP contribution in [0.25, 0.3) is 0 Å². The first kappa shape index (κ1) is 25.6. The Hall–Kier alpha value is -3.98. The topological polar surface area (TPSA) is 109 Å². The molecule has 0 saturated carbocycles. The lowest BCUT2D eigenvalue weighted by Crippen LogP contribution is -2.32. The molecule has 3 rings (SSSR count). The molecule has 0 atom stereocenters. The average molecular weight is 537 g/mol. The number of ether oxygens (including phenoxy) is 1. The number of rotatable bonds is 7. The van der Waals surface area contributed by atoms with Crippen LogP contribution in [-0.4, -0.2) is 30.5 Å². The van der Waals surface area contributed by atoms with Crippen LogP contribution in [0.5, 0.6) is 5.75 Å². The van der Waals surface area contributed by atoms with Gasteiger partial charge in [0.05, 0.1) is 6.21 Å². The number of carbonyl (C=O) groups is 3. The molecular formula is C26H25BrN4O4. The van der Waals surface area contributed by atoms with Crippen LogP contribution in [0.15, 0.2) is 70.2 Å². The summed E-state index contributed by atoms with van der Waals surface area (Å²) in [5.41, 5.74) is 6.76. The number of nitrogens with one attached hydrogen (secondary N) is 3. The van der Waals surface area contributed by atoms with Crippen molar-refractivity contribution >= 4 is 51.2 Å². The number of benzene rings is 3. The predicted molar refractivity (Wildman–Crippen MR) is 140 cm³/mol. The molecule has 0 saturated heterocycles. The van der Waals surface area contributed by atoms with Gasteiger partial charge in [0.2, 0.25) is 0 Å². The zero-order valence-electron chi connectivity index (χ0n) is 19.5. The van der Waals surface area contributed by atoms with E-state index in [9.17, 15) is 14.4 Å². The van der Waals surface area contributed by atoms with Crippen molar-refractivity contribution in [3.63, 3.8) is 0 Å². The lowest BCUT2D eigenvalue weighted by atomic mass is 10.1. The molecule has 9 heteroatoms. The smallest absolute Gasteiger partial charge is 0.329 e. The number of para-hydroxylation sites is 1. The Morgan fingerprint density at radius 3 is 2.31 bits per heavy atom. The second kappa shape index (κ2) is 11.9. The Morgan fingerprint density at radius 1 is 0.886 bits per heavy atom. The van der Waals surface area contributed by atoms with Crippen molar-refractivity contribution in [2.45, 2.75) is 20.8 Å². The fourth-order valence-corrected chi connectivity index (χ4v) is 3.66. The Labute approximate surface area is 211 Å². The van der Waals surface area contributed by atoms with E-state index in [-0.39, 0.29) is 12.5 Å². The van der Waals surface area contributed by atoms with E-state index in [4.69, 9.17) is 4.74 Å². The van der Waals surface area contributed by atoms with Crippen molar-refractivity contribution < 1.29 is 19.1 Å². The second-order valence-corrected chi connectivity index (χ2v) is 8.70. The summed E-state index contributed by atoms with van der Waals surface area (Å²) in [5, 5.41) is 9.24. The quantitative estimate of drug-likeness (QED) is 0.235. The van der Waals surface area contributed by atoms with Crippen LogP contribution in [0.4, 0.5) is 11.4 Å². The Kier molecular flexibility index (Phi) is 8.74. The molecule has 0 fully saturated rings. The van der Waals surface area contributed by atoms with Gasteiger partial charge in [-0.25, -0.2) is 5.43 Å². The molecule has 0 aromatic heterocycles. The van der Waals surface area contributed by atoms with Gasteiger partial charge in [0.15, 0.2) is 6.61 Å². The van der Waals surface area contributed by atoms with E-state index in [0.717, 1.165) is 21.2 Å².